The molecule has 0 unspecified atom stereocenters. The first-order valence-electron chi connectivity index (χ1n) is 5.87. The molecule has 0 aliphatic rings. The number of benzene rings is 2. The smallest absolute Gasteiger partial charge is 0.236 e. The van der Waals surface area contributed by atoms with Crippen molar-refractivity contribution in [2.75, 3.05) is 11.8 Å². The van der Waals surface area contributed by atoms with E-state index in [1.54, 1.807) is 48.5 Å². The molecule has 0 saturated carbocycles. The first kappa shape index (κ1) is 14.7. The summed E-state index contributed by atoms with van der Waals surface area (Å²) < 4.78 is 31.7. The zero-order valence-corrected chi connectivity index (χ0v) is 12.4. The Morgan fingerprint density at radius 1 is 1.15 bits per heavy atom. The van der Waals surface area contributed by atoms with Gasteiger partial charge in [-0.2, -0.15) is 0 Å². The zero-order chi connectivity index (χ0) is 14.6. The maximum absolute atomic E-state index is 12.1. The Hall–Kier alpha value is -1.72. The van der Waals surface area contributed by atoms with E-state index in [-0.39, 0.29) is 5.75 Å². The second-order valence-corrected chi connectivity index (χ2v) is 6.38. The van der Waals surface area contributed by atoms with Crippen molar-refractivity contribution in [3.63, 3.8) is 0 Å². The Morgan fingerprint density at radius 3 is 2.50 bits per heavy atom. The van der Waals surface area contributed by atoms with E-state index in [9.17, 15) is 8.42 Å². The zero-order valence-electron chi connectivity index (χ0n) is 10.8. The number of methoxy groups -OCH3 is 1. The molecule has 0 spiro atoms. The van der Waals surface area contributed by atoms with Crippen LogP contribution in [0.25, 0.3) is 0 Å². The van der Waals surface area contributed by atoms with Gasteiger partial charge in [-0.3, -0.25) is 4.72 Å². The number of hydrogen-bond donors (Lipinski definition) is 1. The predicted octanol–water partition coefficient (Wildman–Crippen LogP) is 3.29. The van der Waals surface area contributed by atoms with Crippen LogP contribution >= 0.6 is 11.6 Å². The molecule has 2 aromatic carbocycles. The van der Waals surface area contributed by atoms with Gasteiger partial charge in [-0.15, -0.1) is 0 Å². The van der Waals surface area contributed by atoms with Crippen molar-refractivity contribution in [2.24, 2.45) is 0 Å². The summed E-state index contributed by atoms with van der Waals surface area (Å²) in [6.45, 7) is 0. The van der Waals surface area contributed by atoms with E-state index >= 15 is 0 Å². The summed E-state index contributed by atoms with van der Waals surface area (Å²) >= 11 is 5.77. The lowest BCUT2D eigenvalue weighted by atomic mass is 10.2. The van der Waals surface area contributed by atoms with Crippen molar-refractivity contribution in [3.8, 4) is 5.75 Å². The third kappa shape index (κ3) is 4.15. The third-order valence-electron chi connectivity index (χ3n) is 2.61. The van der Waals surface area contributed by atoms with Gasteiger partial charge in [-0.05, 0) is 29.8 Å². The van der Waals surface area contributed by atoms with Gasteiger partial charge in [0.15, 0.2) is 0 Å². The number of ether oxygens (including phenoxy) is 1. The molecule has 0 saturated heterocycles. The van der Waals surface area contributed by atoms with Crippen LogP contribution in [0, 0.1) is 0 Å². The van der Waals surface area contributed by atoms with Gasteiger partial charge in [0.2, 0.25) is 10.0 Å². The molecule has 0 fully saturated rings. The second kappa shape index (κ2) is 6.15. The van der Waals surface area contributed by atoms with Crippen LogP contribution in [0.4, 0.5) is 5.69 Å². The van der Waals surface area contributed by atoms with E-state index in [0.29, 0.717) is 22.0 Å². The van der Waals surface area contributed by atoms with Gasteiger partial charge in [0.05, 0.1) is 18.6 Å². The highest BCUT2D eigenvalue weighted by atomic mass is 35.5. The molecule has 0 aliphatic heterocycles. The molecule has 2 rings (SSSR count). The monoisotopic (exact) mass is 311 g/mol. The fourth-order valence-electron chi connectivity index (χ4n) is 1.70. The molecule has 0 atom stereocenters. The lowest BCUT2D eigenvalue weighted by Crippen LogP contribution is -2.15. The largest absolute Gasteiger partial charge is 0.497 e. The van der Waals surface area contributed by atoms with Crippen molar-refractivity contribution >= 4 is 27.3 Å². The fourth-order valence-corrected chi connectivity index (χ4v) is 3.02. The van der Waals surface area contributed by atoms with E-state index < -0.39 is 10.0 Å². The molecule has 0 aromatic heterocycles. The Labute approximate surface area is 123 Å². The number of nitrogens with one attached hydrogen (secondary N) is 1. The molecular formula is C14H14ClNO3S. The highest BCUT2D eigenvalue weighted by Gasteiger charge is 2.12. The summed E-state index contributed by atoms with van der Waals surface area (Å²) in [7, 11) is -1.95. The van der Waals surface area contributed by atoms with E-state index in [2.05, 4.69) is 4.72 Å². The third-order valence-corrected chi connectivity index (χ3v) is 4.13. The number of rotatable bonds is 5. The number of sulfonamides is 1. The Balaban J connectivity index is 2.12. The molecule has 0 bridgehead atoms. The van der Waals surface area contributed by atoms with Crippen LogP contribution in [0.3, 0.4) is 0 Å². The quantitative estimate of drug-likeness (QED) is 0.922. The van der Waals surface area contributed by atoms with Crippen LogP contribution in [0.2, 0.25) is 5.02 Å². The minimum absolute atomic E-state index is 0.110. The van der Waals surface area contributed by atoms with Gasteiger partial charge in [-0.1, -0.05) is 29.8 Å². The Bertz CT molecular complexity index is 684. The van der Waals surface area contributed by atoms with Gasteiger partial charge in [0.1, 0.15) is 5.75 Å². The van der Waals surface area contributed by atoms with Crippen LogP contribution in [-0.4, -0.2) is 15.5 Å². The maximum atomic E-state index is 12.1. The topological polar surface area (TPSA) is 55.4 Å². The highest BCUT2D eigenvalue weighted by Crippen LogP contribution is 2.19. The van der Waals surface area contributed by atoms with Crippen LogP contribution in [0.1, 0.15) is 5.56 Å². The molecule has 0 heterocycles. The summed E-state index contributed by atoms with van der Waals surface area (Å²) in [5.41, 5.74) is 1.14. The number of anilines is 1. The van der Waals surface area contributed by atoms with Crippen molar-refractivity contribution in [2.45, 2.75) is 5.75 Å². The summed E-state index contributed by atoms with van der Waals surface area (Å²) in [4.78, 5) is 0. The number of hydrogen-bond acceptors (Lipinski definition) is 3. The van der Waals surface area contributed by atoms with E-state index in [0.717, 1.165) is 0 Å². The van der Waals surface area contributed by atoms with Gasteiger partial charge in [0, 0.05) is 11.1 Å². The molecule has 6 heteroatoms. The van der Waals surface area contributed by atoms with E-state index in [1.807, 2.05) is 0 Å². The van der Waals surface area contributed by atoms with Crippen LogP contribution < -0.4 is 9.46 Å². The lowest BCUT2D eigenvalue weighted by molar-refractivity contribution is 0.415. The predicted molar refractivity (Wildman–Crippen MR) is 80.7 cm³/mol. The normalized spacial score (nSPS) is 11.1. The van der Waals surface area contributed by atoms with Crippen molar-refractivity contribution in [1.82, 2.24) is 0 Å². The first-order valence-corrected chi connectivity index (χ1v) is 7.90. The lowest BCUT2D eigenvalue weighted by Gasteiger charge is -2.09. The fraction of sp³-hybridized carbons (Fsp3) is 0.143. The number of halogens is 1. The molecule has 4 nitrogen and oxygen atoms in total. The van der Waals surface area contributed by atoms with Gasteiger partial charge < -0.3 is 4.74 Å². The average molecular weight is 312 g/mol. The molecule has 0 aliphatic carbocycles. The van der Waals surface area contributed by atoms with Crippen molar-refractivity contribution in [1.29, 1.82) is 0 Å². The van der Waals surface area contributed by atoms with E-state index in [1.165, 1.54) is 7.11 Å². The van der Waals surface area contributed by atoms with Gasteiger partial charge >= 0.3 is 0 Å². The standard InChI is InChI=1S/C14H14ClNO3S/c1-19-14-4-2-3-13(9-14)16-20(17,18)10-11-5-7-12(15)8-6-11/h2-9,16H,10H2,1H3. The highest BCUT2D eigenvalue weighted by molar-refractivity contribution is 7.91. The molecule has 0 amide bonds. The van der Waals surface area contributed by atoms with Gasteiger partial charge in [0.25, 0.3) is 0 Å². The molecule has 1 N–H and O–H groups in total. The van der Waals surface area contributed by atoms with Crippen LogP contribution in [-0.2, 0) is 15.8 Å². The maximum Gasteiger partial charge on any atom is 0.236 e. The van der Waals surface area contributed by atoms with Crippen LogP contribution in [0.5, 0.6) is 5.75 Å². The average Bonchev–Trinajstić information content (AvgIpc) is 2.41. The first-order chi connectivity index (χ1) is 9.48. The summed E-state index contributed by atoms with van der Waals surface area (Å²) in [6.07, 6.45) is 0. The SMILES string of the molecule is COc1cccc(NS(=O)(=O)Cc2ccc(Cl)cc2)c1. The Morgan fingerprint density at radius 2 is 1.85 bits per heavy atom. The van der Waals surface area contributed by atoms with Crippen LogP contribution in [0.15, 0.2) is 48.5 Å². The Kier molecular flexibility index (Phi) is 4.52. The van der Waals surface area contributed by atoms with E-state index in [4.69, 9.17) is 16.3 Å². The molecule has 106 valence electrons. The second-order valence-electron chi connectivity index (χ2n) is 4.22. The summed E-state index contributed by atoms with van der Waals surface area (Å²) in [5, 5.41) is 0.576. The minimum atomic E-state index is -3.47. The van der Waals surface area contributed by atoms with Crippen molar-refractivity contribution < 1.29 is 13.2 Å². The summed E-state index contributed by atoms with van der Waals surface area (Å²) in [5.74, 6) is 0.484. The molecule has 2 aromatic rings. The van der Waals surface area contributed by atoms with Gasteiger partial charge in [-0.25, -0.2) is 8.42 Å². The minimum Gasteiger partial charge on any atom is -0.497 e. The van der Waals surface area contributed by atoms with Crippen molar-refractivity contribution in [3.05, 3.63) is 59.1 Å². The molecule has 20 heavy (non-hydrogen) atoms. The molecule has 0 radical (unpaired) electrons. The summed E-state index contributed by atoms with van der Waals surface area (Å²) in [6, 6.07) is 13.5. The molecular weight excluding hydrogens is 298 g/mol.